The number of unbranched alkanes of at least 4 members (excludes halogenated alkanes) is 2. The van der Waals surface area contributed by atoms with E-state index in [2.05, 4.69) is 60.0 Å². The fourth-order valence-electron chi connectivity index (χ4n) is 3.12. The summed E-state index contributed by atoms with van der Waals surface area (Å²) in [5.41, 5.74) is 1.61. The van der Waals surface area contributed by atoms with Crippen LogP contribution in [0.15, 0.2) is 11.6 Å². The van der Waals surface area contributed by atoms with Gasteiger partial charge in [-0.05, 0) is 51.5 Å². The van der Waals surface area contributed by atoms with Gasteiger partial charge in [-0.15, -0.1) is 0 Å². The molecule has 3 unspecified atom stereocenters. The van der Waals surface area contributed by atoms with Crippen molar-refractivity contribution in [2.75, 3.05) is 7.05 Å². The van der Waals surface area contributed by atoms with Crippen LogP contribution in [-0.2, 0) is 0 Å². The summed E-state index contributed by atoms with van der Waals surface area (Å²) in [6.45, 7) is 14.0. The Morgan fingerprint density at radius 3 is 2.22 bits per heavy atom. The van der Waals surface area contributed by atoms with Gasteiger partial charge in [0.2, 0.25) is 0 Å². The summed E-state index contributed by atoms with van der Waals surface area (Å²) in [6.07, 6.45) is 7.61. The maximum atomic E-state index is 3.36. The van der Waals surface area contributed by atoms with Gasteiger partial charge in [0.15, 0.2) is 0 Å². The molecule has 0 fully saturated rings. The molecule has 0 aliphatic carbocycles. The zero-order chi connectivity index (χ0) is 14.1. The van der Waals surface area contributed by atoms with E-state index in [9.17, 15) is 0 Å². The number of hydrogen-bond donors (Lipinski definition) is 1. The van der Waals surface area contributed by atoms with E-state index in [0.29, 0.717) is 6.04 Å². The van der Waals surface area contributed by atoms with Crippen molar-refractivity contribution in [2.24, 2.45) is 17.8 Å². The van der Waals surface area contributed by atoms with Crippen LogP contribution in [0.1, 0.15) is 67.2 Å². The van der Waals surface area contributed by atoms with Crippen LogP contribution in [0.25, 0.3) is 0 Å². The largest absolute Gasteiger partial charge is 0.317 e. The van der Waals surface area contributed by atoms with Gasteiger partial charge in [-0.1, -0.05) is 52.2 Å². The molecule has 0 spiro atoms. The van der Waals surface area contributed by atoms with Crippen LogP contribution in [0.3, 0.4) is 0 Å². The van der Waals surface area contributed by atoms with Gasteiger partial charge in [0.25, 0.3) is 0 Å². The molecule has 0 bridgehead atoms. The van der Waals surface area contributed by atoms with Crippen molar-refractivity contribution in [3.63, 3.8) is 0 Å². The van der Waals surface area contributed by atoms with Gasteiger partial charge in [-0.25, -0.2) is 0 Å². The Morgan fingerprint density at radius 1 is 1.17 bits per heavy atom. The van der Waals surface area contributed by atoms with Crippen LogP contribution in [-0.4, -0.2) is 13.1 Å². The number of nitrogens with one attached hydrogen (secondary N) is 1. The van der Waals surface area contributed by atoms with E-state index in [1.807, 2.05) is 0 Å². The normalized spacial score (nSPS) is 17.9. The highest BCUT2D eigenvalue weighted by atomic mass is 14.8. The molecule has 0 aliphatic rings. The van der Waals surface area contributed by atoms with Crippen molar-refractivity contribution in [3.05, 3.63) is 11.6 Å². The fourth-order valence-corrected chi connectivity index (χ4v) is 3.12. The zero-order valence-corrected chi connectivity index (χ0v) is 13.7. The quantitative estimate of drug-likeness (QED) is 0.449. The first-order valence-corrected chi connectivity index (χ1v) is 7.77. The van der Waals surface area contributed by atoms with E-state index in [4.69, 9.17) is 0 Å². The molecular weight excluding hydrogens is 218 g/mol. The molecule has 3 atom stereocenters. The van der Waals surface area contributed by atoms with Gasteiger partial charge >= 0.3 is 0 Å². The third-order valence-corrected chi connectivity index (χ3v) is 4.10. The maximum Gasteiger partial charge on any atom is 0.00384 e. The molecule has 0 aromatic rings. The predicted molar refractivity (Wildman–Crippen MR) is 83.9 cm³/mol. The van der Waals surface area contributed by atoms with Gasteiger partial charge in [-0.3, -0.25) is 0 Å². The van der Waals surface area contributed by atoms with E-state index in [1.54, 1.807) is 5.57 Å². The summed E-state index contributed by atoms with van der Waals surface area (Å²) < 4.78 is 0. The lowest BCUT2D eigenvalue weighted by atomic mass is 9.76. The molecule has 0 aromatic heterocycles. The van der Waals surface area contributed by atoms with Crippen LogP contribution >= 0.6 is 0 Å². The van der Waals surface area contributed by atoms with E-state index < -0.39 is 0 Å². The van der Waals surface area contributed by atoms with Crippen molar-refractivity contribution in [1.82, 2.24) is 5.32 Å². The van der Waals surface area contributed by atoms with Crippen molar-refractivity contribution in [1.29, 1.82) is 0 Å². The SMILES string of the molecule is CCCCC=C(C)C(C(C)C)C(C)CC(C)NC. The Morgan fingerprint density at radius 2 is 1.78 bits per heavy atom. The topological polar surface area (TPSA) is 12.0 Å². The molecule has 0 amide bonds. The number of rotatable bonds is 9. The number of allylic oxidation sites excluding steroid dienone is 2. The minimum absolute atomic E-state index is 0.615. The smallest absolute Gasteiger partial charge is 0.00384 e. The molecule has 1 nitrogen and oxygen atoms in total. The highest BCUT2D eigenvalue weighted by molar-refractivity contribution is 5.06. The van der Waals surface area contributed by atoms with E-state index in [1.165, 1.54) is 25.7 Å². The Kier molecular flexibility index (Phi) is 9.45. The van der Waals surface area contributed by atoms with Crippen LogP contribution in [0.5, 0.6) is 0 Å². The van der Waals surface area contributed by atoms with Crippen LogP contribution < -0.4 is 5.32 Å². The Balaban J connectivity index is 4.58. The molecule has 0 aliphatic heterocycles. The number of hydrogen-bond acceptors (Lipinski definition) is 1. The molecule has 0 aromatic carbocycles. The van der Waals surface area contributed by atoms with Crippen LogP contribution in [0.2, 0.25) is 0 Å². The minimum atomic E-state index is 0.615. The van der Waals surface area contributed by atoms with Crippen LogP contribution in [0.4, 0.5) is 0 Å². The summed E-state index contributed by atoms with van der Waals surface area (Å²) in [6, 6.07) is 0.615. The van der Waals surface area contributed by atoms with Gasteiger partial charge in [-0.2, -0.15) is 0 Å². The molecule has 1 heteroatoms. The summed E-state index contributed by atoms with van der Waals surface area (Å²) in [5.74, 6) is 2.23. The Hall–Kier alpha value is -0.300. The first-order chi connectivity index (χ1) is 8.43. The van der Waals surface area contributed by atoms with Gasteiger partial charge in [0.05, 0.1) is 0 Å². The molecule has 0 rings (SSSR count). The monoisotopic (exact) mass is 253 g/mol. The summed E-state index contributed by atoms with van der Waals surface area (Å²) in [7, 11) is 2.06. The molecule has 108 valence electrons. The molecule has 0 heterocycles. The Bertz CT molecular complexity index is 230. The second kappa shape index (κ2) is 9.61. The maximum absolute atomic E-state index is 3.36. The standard InChI is InChI=1S/C17H35N/c1-8-9-10-11-14(4)17(13(2)3)15(5)12-16(6)18-7/h11,13,15-18H,8-10,12H2,1-7H3. The van der Waals surface area contributed by atoms with Gasteiger partial charge in [0, 0.05) is 6.04 Å². The molecule has 18 heavy (non-hydrogen) atoms. The third-order valence-electron chi connectivity index (χ3n) is 4.10. The van der Waals surface area contributed by atoms with Crippen molar-refractivity contribution < 1.29 is 0 Å². The molecule has 0 saturated heterocycles. The van der Waals surface area contributed by atoms with Gasteiger partial charge in [0.1, 0.15) is 0 Å². The predicted octanol–water partition coefficient (Wildman–Crippen LogP) is 5.03. The average molecular weight is 253 g/mol. The average Bonchev–Trinajstić information content (AvgIpc) is 2.28. The van der Waals surface area contributed by atoms with E-state index in [0.717, 1.165) is 17.8 Å². The molecule has 0 radical (unpaired) electrons. The highest BCUT2D eigenvalue weighted by Crippen LogP contribution is 2.31. The highest BCUT2D eigenvalue weighted by Gasteiger charge is 2.23. The Labute approximate surface area is 115 Å². The minimum Gasteiger partial charge on any atom is -0.317 e. The zero-order valence-electron chi connectivity index (χ0n) is 13.7. The van der Waals surface area contributed by atoms with Gasteiger partial charge < -0.3 is 5.32 Å². The van der Waals surface area contributed by atoms with Crippen molar-refractivity contribution in [2.45, 2.75) is 73.3 Å². The summed E-state index contributed by atoms with van der Waals surface area (Å²) in [5, 5.41) is 3.36. The molecule has 1 N–H and O–H groups in total. The van der Waals surface area contributed by atoms with Crippen molar-refractivity contribution in [3.8, 4) is 0 Å². The fraction of sp³-hybridized carbons (Fsp3) is 0.882. The third kappa shape index (κ3) is 6.58. The second-order valence-corrected chi connectivity index (χ2v) is 6.26. The molecular formula is C17H35N. The lowest BCUT2D eigenvalue weighted by molar-refractivity contribution is 0.279. The van der Waals surface area contributed by atoms with Crippen molar-refractivity contribution >= 4 is 0 Å². The molecule has 0 saturated carbocycles. The lowest BCUT2D eigenvalue weighted by Gasteiger charge is -2.30. The summed E-state index contributed by atoms with van der Waals surface area (Å²) >= 11 is 0. The second-order valence-electron chi connectivity index (χ2n) is 6.26. The summed E-state index contributed by atoms with van der Waals surface area (Å²) in [4.78, 5) is 0. The van der Waals surface area contributed by atoms with Crippen LogP contribution in [0, 0.1) is 17.8 Å². The first-order valence-electron chi connectivity index (χ1n) is 7.77. The van der Waals surface area contributed by atoms with E-state index >= 15 is 0 Å². The first kappa shape index (κ1) is 17.7. The lowest BCUT2D eigenvalue weighted by Crippen LogP contribution is -2.28. The van der Waals surface area contributed by atoms with E-state index in [-0.39, 0.29) is 0 Å².